The summed E-state index contributed by atoms with van der Waals surface area (Å²) in [5.41, 5.74) is 0.501. The fourth-order valence-corrected chi connectivity index (χ4v) is 5.94. The van der Waals surface area contributed by atoms with E-state index in [1.165, 1.54) is 49.4 Å². The number of anilines is 1. The molecule has 35 heavy (non-hydrogen) atoms. The number of ether oxygens (including phenoxy) is 2. The molecule has 2 fully saturated rings. The summed E-state index contributed by atoms with van der Waals surface area (Å²) in [6.07, 6.45) is 4.62. The highest BCUT2D eigenvalue weighted by molar-refractivity contribution is 7.92. The Labute approximate surface area is 208 Å². The van der Waals surface area contributed by atoms with E-state index < -0.39 is 10.0 Å². The maximum Gasteiger partial charge on any atom is 0.264 e. The number of nitrogens with zero attached hydrogens (tertiary/aromatic N) is 3. The van der Waals surface area contributed by atoms with Gasteiger partial charge in [-0.2, -0.15) is 0 Å². The molecule has 1 amide bonds. The largest absolute Gasteiger partial charge is 0.494 e. The van der Waals surface area contributed by atoms with E-state index in [1.807, 2.05) is 11.8 Å². The minimum atomic E-state index is -3.71. The van der Waals surface area contributed by atoms with Crippen LogP contribution in [0.25, 0.3) is 0 Å². The van der Waals surface area contributed by atoms with Crippen LogP contribution in [-0.4, -0.2) is 76.6 Å². The zero-order valence-electron chi connectivity index (χ0n) is 20.6. The topological polar surface area (TPSA) is 79.4 Å². The first-order valence-electron chi connectivity index (χ1n) is 12.3. The first kappa shape index (κ1) is 25.3. The predicted octanol–water partition coefficient (Wildman–Crippen LogP) is 3.38. The molecule has 2 aliphatic rings. The van der Waals surface area contributed by atoms with Crippen LogP contribution in [0.5, 0.6) is 11.5 Å². The number of piperidine rings is 1. The number of carbonyl (C=O) groups excluding carboxylic acids is 1. The van der Waals surface area contributed by atoms with Crippen LogP contribution in [0, 0.1) is 0 Å². The number of hydrogen-bond acceptors (Lipinski definition) is 6. The lowest BCUT2D eigenvalue weighted by Gasteiger charge is -2.36. The third-order valence-corrected chi connectivity index (χ3v) is 8.63. The minimum Gasteiger partial charge on any atom is -0.494 e. The highest BCUT2D eigenvalue weighted by Crippen LogP contribution is 2.26. The molecule has 2 aliphatic heterocycles. The molecule has 0 aromatic heterocycles. The zero-order valence-corrected chi connectivity index (χ0v) is 21.4. The summed E-state index contributed by atoms with van der Waals surface area (Å²) in [5.74, 6) is 1.14. The van der Waals surface area contributed by atoms with Gasteiger partial charge in [0.2, 0.25) is 0 Å². The van der Waals surface area contributed by atoms with E-state index in [-0.39, 0.29) is 17.4 Å². The van der Waals surface area contributed by atoms with Crippen molar-refractivity contribution < 1.29 is 22.7 Å². The Kier molecular flexibility index (Phi) is 8.18. The van der Waals surface area contributed by atoms with Gasteiger partial charge >= 0.3 is 0 Å². The van der Waals surface area contributed by atoms with E-state index in [2.05, 4.69) is 4.90 Å². The molecule has 2 saturated heterocycles. The maximum atomic E-state index is 13.0. The van der Waals surface area contributed by atoms with Gasteiger partial charge in [-0.05, 0) is 94.2 Å². The molecule has 2 aromatic carbocycles. The van der Waals surface area contributed by atoms with Gasteiger partial charge in [0.25, 0.3) is 15.9 Å². The van der Waals surface area contributed by atoms with Gasteiger partial charge in [-0.25, -0.2) is 8.42 Å². The van der Waals surface area contributed by atoms with E-state index in [4.69, 9.17) is 9.47 Å². The first-order chi connectivity index (χ1) is 16.9. The van der Waals surface area contributed by atoms with Crippen molar-refractivity contribution in [2.24, 2.45) is 0 Å². The molecule has 0 unspecified atom stereocenters. The van der Waals surface area contributed by atoms with Gasteiger partial charge in [-0.15, -0.1) is 0 Å². The third-order valence-electron chi connectivity index (χ3n) is 6.83. The predicted molar refractivity (Wildman–Crippen MR) is 136 cm³/mol. The molecule has 0 bridgehead atoms. The molecule has 2 heterocycles. The number of amides is 1. The lowest BCUT2D eigenvalue weighted by atomic mass is 10.0. The molecule has 2 aromatic rings. The van der Waals surface area contributed by atoms with Crippen molar-refractivity contribution in [1.29, 1.82) is 0 Å². The van der Waals surface area contributed by atoms with Crippen LogP contribution in [-0.2, 0) is 14.8 Å². The molecule has 0 aliphatic carbocycles. The Morgan fingerprint density at radius 3 is 2.09 bits per heavy atom. The monoisotopic (exact) mass is 501 g/mol. The Morgan fingerprint density at radius 2 is 1.49 bits per heavy atom. The summed E-state index contributed by atoms with van der Waals surface area (Å²) < 4.78 is 38.3. The van der Waals surface area contributed by atoms with Crippen LogP contribution in [0.2, 0.25) is 0 Å². The Balaban J connectivity index is 1.28. The molecular weight excluding hydrogens is 466 g/mol. The maximum absolute atomic E-state index is 13.0. The van der Waals surface area contributed by atoms with Gasteiger partial charge in [-0.1, -0.05) is 0 Å². The van der Waals surface area contributed by atoms with Crippen LogP contribution in [0.4, 0.5) is 5.69 Å². The second kappa shape index (κ2) is 11.3. The summed E-state index contributed by atoms with van der Waals surface area (Å²) >= 11 is 0. The highest BCUT2D eigenvalue weighted by atomic mass is 32.2. The van der Waals surface area contributed by atoms with Crippen molar-refractivity contribution in [3.8, 4) is 11.5 Å². The quantitative estimate of drug-likeness (QED) is 0.524. The van der Waals surface area contributed by atoms with Gasteiger partial charge in [0.1, 0.15) is 11.5 Å². The van der Waals surface area contributed by atoms with E-state index >= 15 is 0 Å². The van der Waals surface area contributed by atoms with Crippen LogP contribution in [0.3, 0.4) is 0 Å². The van der Waals surface area contributed by atoms with Gasteiger partial charge < -0.3 is 19.3 Å². The summed E-state index contributed by atoms with van der Waals surface area (Å²) in [6, 6.07) is 13.7. The van der Waals surface area contributed by atoms with E-state index in [9.17, 15) is 13.2 Å². The SMILES string of the molecule is CCOc1ccc(S(=O)(=O)N(C)c2ccc(OCC(=O)N3CCC(N4CCCC4)CC3)cc2)cc1. The van der Waals surface area contributed by atoms with Gasteiger partial charge in [0.05, 0.1) is 17.2 Å². The summed E-state index contributed by atoms with van der Waals surface area (Å²) in [6.45, 7) is 6.30. The van der Waals surface area contributed by atoms with Gasteiger partial charge in [0.15, 0.2) is 6.61 Å². The van der Waals surface area contributed by atoms with E-state index in [0.717, 1.165) is 25.9 Å². The number of benzene rings is 2. The number of rotatable bonds is 9. The van der Waals surface area contributed by atoms with Crippen molar-refractivity contribution in [2.75, 3.05) is 50.7 Å². The van der Waals surface area contributed by atoms with Crippen molar-refractivity contribution in [3.05, 3.63) is 48.5 Å². The fourth-order valence-electron chi connectivity index (χ4n) is 4.75. The number of sulfonamides is 1. The van der Waals surface area contributed by atoms with Crippen molar-refractivity contribution in [1.82, 2.24) is 9.80 Å². The molecule has 0 saturated carbocycles. The Hall–Kier alpha value is -2.78. The summed E-state index contributed by atoms with van der Waals surface area (Å²) in [5, 5.41) is 0. The molecule has 9 heteroatoms. The third kappa shape index (κ3) is 6.08. The molecular formula is C26H35N3O5S. The Bertz CT molecular complexity index is 1070. The molecule has 0 N–H and O–H groups in total. The van der Waals surface area contributed by atoms with Crippen molar-refractivity contribution in [3.63, 3.8) is 0 Å². The van der Waals surface area contributed by atoms with Crippen LogP contribution >= 0.6 is 0 Å². The van der Waals surface area contributed by atoms with Gasteiger partial charge in [0, 0.05) is 26.2 Å². The minimum absolute atomic E-state index is 0.0101. The van der Waals surface area contributed by atoms with E-state index in [0.29, 0.717) is 29.8 Å². The van der Waals surface area contributed by atoms with Crippen molar-refractivity contribution in [2.45, 2.75) is 43.5 Å². The average Bonchev–Trinajstić information content (AvgIpc) is 3.43. The summed E-state index contributed by atoms with van der Waals surface area (Å²) in [4.78, 5) is 17.3. The average molecular weight is 502 g/mol. The second-order valence-corrected chi connectivity index (χ2v) is 11.0. The molecule has 0 radical (unpaired) electrons. The molecule has 190 valence electrons. The smallest absolute Gasteiger partial charge is 0.264 e. The van der Waals surface area contributed by atoms with Crippen LogP contribution in [0.15, 0.2) is 53.4 Å². The normalized spacial score (nSPS) is 17.4. The van der Waals surface area contributed by atoms with Crippen molar-refractivity contribution >= 4 is 21.6 Å². The number of likely N-dealkylation sites (tertiary alicyclic amines) is 2. The molecule has 0 atom stereocenters. The second-order valence-electron chi connectivity index (χ2n) is 9.01. The van der Waals surface area contributed by atoms with Crippen LogP contribution < -0.4 is 13.8 Å². The van der Waals surface area contributed by atoms with Crippen LogP contribution in [0.1, 0.15) is 32.6 Å². The highest BCUT2D eigenvalue weighted by Gasteiger charge is 2.28. The number of carbonyl (C=O) groups is 1. The number of hydrogen-bond donors (Lipinski definition) is 0. The lowest BCUT2D eigenvalue weighted by molar-refractivity contribution is -0.134. The lowest BCUT2D eigenvalue weighted by Crippen LogP contribution is -2.47. The molecule has 0 spiro atoms. The molecule has 8 nitrogen and oxygen atoms in total. The first-order valence-corrected chi connectivity index (χ1v) is 13.8. The fraction of sp³-hybridized carbons (Fsp3) is 0.500. The summed E-state index contributed by atoms with van der Waals surface area (Å²) in [7, 11) is -2.20. The van der Waals surface area contributed by atoms with E-state index in [1.54, 1.807) is 36.4 Å². The Morgan fingerprint density at radius 1 is 0.914 bits per heavy atom. The van der Waals surface area contributed by atoms with Gasteiger partial charge in [-0.3, -0.25) is 9.10 Å². The standard InChI is InChI=1S/C26H35N3O5S/c1-3-33-23-10-12-25(13-11-23)35(31,32)27(2)21-6-8-24(9-7-21)34-20-26(30)29-18-14-22(15-19-29)28-16-4-5-17-28/h6-13,22H,3-5,14-20H2,1-2H3. The zero-order chi connectivity index (χ0) is 24.8. The molecule has 4 rings (SSSR count).